The van der Waals surface area contributed by atoms with E-state index in [2.05, 4.69) is 40.0 Å². The first kappa shape index (κ1) is 26.6. The van der Waals surface area contributed by atoms with E-state index >= 15 is 0 Å². The van der Waals surface area contributed by atoms with Gasteiger partial charge in [0.25, 0.3) is 5.91 Å². The molecule has 204 valence electrons. The molecule has 9 nitrogen and oxygen atoms in total. The van der Waals surface area contributed by atoms with E-state index in [4.69, 9.17) is 4.74 Å². The van der Waals surface area contributed by atoms with E-state index in [-0.39, 0.29) is 18.2 Å². The van der Waals surface area contributed by atoms with E-state index < -0.39 is 11.9 Å². The minimum Gasteiger partial charge on any atom is -0.494 e. The van der Waals surface area contributed by atoms with Gasteiger partial charge in [0.15, 0.2) is 0 Å². The van der Waals surface area contributed by atoms with Crippen molar-refractivity contribution in [2.24, 2.45) is 0 Å². The fourth-order valence-corrected chi connectivity index (χ4v) is 5.19. The molecular weight excluding hydrogens is 494 g/mol. The highest BCUT2D eigenvalue weighted by Gasteiger charge is 2.39. The predicted octanol–water partition coefficient (Wildman–Crippen LogP) is 3.42. The Morgan fingerprint density at radius 1 is 1.00 bits per heavy atom. The number of benzene rings is 2. The molecule has 1 unspecified atom stereocenters. The maximum Gasteiger partial charge on any atom is 0.255 e. The van der Waals surface area contributed by atoms with Crippen LogP contribution in [0.15, 0.2) is 60.9 Å². The summed E-state index contributed by atoms with van der Waals surface area (Å²) in [5.41, 5.74) is 3.99. The highest BCUT2D eigenvalue weighted by atomic mass is 16.5. The highest BCUT2D eigenvalue weighted by molar-refractivity contribution is 6.05. The van der Waals surface area contributed by atoms with Crippen molar-refractivity contribution in [1.82, 2.24) is 25.3 Å². The number of carbonyl (C=O) groups excluding carboxylic acids is 3. The third-order valence-corrected chi connectivity index (χ3v) is 7.24. The summed E-state index contributed by atoms with van der Waals surface area (Å²) < 4.78 is 7.87. The van der Waals surface area contributed by atoms with Gasteiger partial charge in [0.1, 0.15) is 11.8 Å². The lowest BCUT2D eigenvalue weighted by molar-refractivity contribution is -0.136. The number of hydrogen-bond acceptors (Lipinski definition) is 6. The molecule has 2 N–H and O–H groups in total. The van der Waals surface area contributed by atoms with Gasteiger partial charge in [0.05, 0.1) is 13.2 Å². The van der Waals surface area contributed by atoms with Gasteiger partial charge in [-0.05, 0) is 66.8 Å². The molecule has 3 heterocycles. The smallest absolute Gasteiger partial charge is 0.255 e. The summed E-state index contributed by atoms with van der Waals surface area (Å²) in [6.45, 7) is 3.61. The van der Waals surface area contributed by atoms with Crippen molar-refractivity contribution in [3.8, 4) is 5.75 Å². The van der Waals surface area contributed by atoms with Crippen LogP contribution in [0, 0.1) is 0 Å². The van der Waals surface area contributed by atoms with Gasteiger partial charge in [-0.2, -0.15) is 5.10 Å². The second-order valence-electron chi connectivity index (χ2n) is 10.2. The van der Waals surface area contributed by atoms with Crippen LogP contribution < -0.4 is 15.4 Å². The number of ether oxygens (including phenoxy) is 1. The molecule has 0 bridgehead atoms. The number of nitrogens with one attached hydrogen (secondary N) is 2. The van der Waals surface area contributed by atoms with Crippen molar-refractivity contribution in [2.75, 3.05) is 13.2 Å². The third kappa shape index (κ3) is 6.92. The average Bonchev–Trinajstić information content (AvgIpc) is 3.55. The molecule has 9 heteroatoms. The summed E-state index contributed by atoms with van der Waals surface area (Å²) in [6.07, 6.45) is 8.70. The Balaban J connectivity index is 0.960. The van der Waals surface area contributed by atoms with Gasteiger partial charge in [-0.1, -0.05) is 37.1 Å². The molecule has 0 saturated carbocycles. The van der Waals surface area contributed by atoms with Crippen LogP contribution in [-0.2, 0) is 29.2 Å². The van der Waals surface area contributed by atoms with Crippen LogP contribution in [0.5, 0.6) is 5.75 Å². The predicted molar refractivity (Wildman–Crippen MR) is 146 cm³/mol. The van der Waals surface area contributed by atoms with Crippen molar-refractivity contribution in [2.45, 2.75) is 64.2 Å². The Hall–Kier alpha value is -3.98. The number of unbranched alkanes of at least 4 members (excludes halogenated alkanes) is 3. The summed E-state index contributed by atoms with van der Waals surface area (Å²) >= 11 is 0. The van der Waals surface area contributed by atoms with Gasteiger partial charge in [-0.15, -0.1) is 0 Å². The molecule has 0 spiro atoms. The fourth-order valence-electron chi connectivity index (χ4n) is 5.19. The minimum absolute atomic E-state index is 0.165. The van der Waals surface area contributed by atoms with E-state index in [1.54, 1.807) is 17.2 Å². The average molecular weight is 530 g/mol. The molecule has 3 amide bonds. The zero-order chi connectivity index (χ0) is 27.0. The molecule has 1 fully saturated rings. The van der Waals surface area contributed by atoms with Gasteiger partial charge in [0.2, 0.25) is 11.8 Å². The van der Waals surface area contributed by atoms with E-state index in [1.807, 2.05) is 29.1 Å². The normalized spacial score (nSPS) is 16.9. The lowest BCUT2D eigenvalue weighted by atomic mass is 10.0. The fraction of sp³-hybridized carbons (Fsp3) is 0.400. The molecule has 5 rings (SSSR count). The number of imide groups is 1. The van der Waals surface area contributed by atoms with E-state index in [1.165, 1.54) is 11.1 Å². The SMILES string of the molecule is O=C1CCC(N2Cc3cc(OCCCCCCNCc4cccc(Cn5cccn5)c4)ccc3C2=O)C(=O)N1. The number of aromatic nitrogens is 2. The summed E-state index contributed by atoms with van der Waals surface area (Å²) in [4.78, 5) is 38.0. The molecule has 1 atom stereocenters. The number of hydrogen-bond donors (Lipinski definition) is 2. The molecule has 1 aromatic heterocycles. The summed E-state index contributed by atoms with van der Waals surface area (Å²) in [7, 11) is 0. The van der Waals surface area contributed by atoms with Crippen molar-refractivity contribution in [3.05, 3.63) is 83.2 Å². The molecule has 2 aromatic carbocycles. The standard InChI is InChI=1S/C30H35N5O4/c36-28-12-11-27(29(37)33-28)35-21-24-18-25(9-10-26(24)30(35)38)39-16-4-2-1-3-13-31-19-22-7-5-8-23(17-22)20-34-15-6-14-32-34/h5-10,14-15,17-18,27,31H,1-4,11-13,16,19-21H2,(H,33,36,37). The Labute approximate surface area is 228 Å². The number of piperidine rings is 1. The lowest BCUT2D eigenvalue weighted by Crippen LogP contribution is -2.52. The zero-order valence-electron chi connectivity index (χ0n) is 22.1. The van der Waals surface area contributed by atoms with Crippen LogP contribution in [0.2, 0.25) is 0 Å². The first-order chi connectivity index (χ1) is 19.1. The molecule has 0 radical (unpaired) electrons. The minimum atomic E-state index is -0.598. The first-order valence-corrected chi connectivity index (χ1v) is 13.7. The largest absolute Gasteiger partial charge is 0.494 e. The van der Waals surface area contributed by atoms with Gasteiger partial charge in [0, 0.05) is 37.5 Å². The molecule has 1 saturated heterocycles. The first-order valence-electron chi connectivity index (χ1n) is 13.7. The van der Waals surface area contributed by atoms with Crippen molar-refractivity contribution >= 4 is 17.7 Å². The third-order valence-electron chi connectivity index (χ3n) is 7.24. The number of fused-ring (bicyclic) bond motifs is 1. The quantitative estimate of drug-likeness (QED) is 0.260. The summed E-state index contributed by atoms with van der Waals surface area (Å²) in [6, 6.07) is 15.4. The Kier molecular flexibility index (Phi) is 8.68. The molecule has 39 heavy (non-hydrogen) atoms. The van der Waals surface area contributed by atoms with Crippen LogP contribution in [0.25, 0.3) is 0 Å². The van der Waals surface area contributed by atoms with Crippen LogP contribution in [-0.4, -0.2) is 51.6 Å². The molecular formula is C30H35N5O4. The second kappa shape index (κ2) is 12.7. The molecule has 3 aromatic rings. The van der Waals surface area contributed by atoms with Crippen molar-refractivity contribution < 1.29 is 19.1 Å². The maximum atomic E-state index is 12.8. The molecule has 2 aliphatic rings. The van der Waals surface area contributed by atoms with Gasteiger partial charge in [-0.25, -0.2) is 0 Å². The van der Waals surface area contributed by atoms with Crippen molar-refractivity contribution in [1.29, 1.82) is 0 Å². The monoisotopic (exact) mass is 529 g/mol. The second-order valence-corrected chi connectivity index (χ2v) is 10.2. The highest BCUT2D eigenvalue weighted by Crippen LogP contribution is 2.30. The number of rotatable bonds is 13. The van der Waals surface area contributed by atoms with E-state index in [0.29, 0.717) is 25.1 Å². The molecule has 2 aliphatic heterocycles. The van der Waals surface area contributed by atoms with Gasteiger partial charge < -0.3 is 15.0 Å². The van der Waals surface area contributed by atoms with Crippen LogP contribution >= 0.6 is 0 Å². The number of amides is 3. The summed E-state index contributed by atoms with van der Waals surface area (Å²) in [5.74, 6) is -0.102. The number of nitrogens with zero attached hydrogens (tertiary/aromatic N) is 3. The van der Waals surface area contributed by atoms with Crippen LogP contribution in [0.3, 0.4) is 0 Å². The topological polar surface area (TPSA) is 106 Å². The lowest BCUT2D eigenvalue weighted by Gasteiger charge is -2.29. The molecule has 0 aliphatic carbocycles. The Morgan fingerprint density at radius 3 is 2.72 bits per heavy atom. The zero-order valence-corrected chi connectivity index (χ0v) is 22.1. The summed E-state index contributed by atoms with van der Waals surface area (Å²) in [5, 5.41) is 10.1. The van der Waals surface area contributed by atoms with Crippen LogP contribution in [0.1, 0.15) is 65.6 Å². The Morgan fingerprint density at radius 2 is 1.87 bits per heavy atom. The van der Waals surface area contributed by atoms with Crippen LogP contribution in [0.4, 0.5) is 0 Å². The number of carbonyl (C=O) groups is 3. The van der Waals surface area contributed by atoms with E-state index in [9.17, 15) is 14.4 Å². The van der Waals surface area contributed by atoms with Gasteiger partial charge in [-0.3, -0.25) is 24.4 Å². The van der Waals surface area contributed by atoms with E-state index in [0.717, 1.165) is 56.6 Å². The van der Waals surface area contributed by atoms with Crippen molar-refractivity contribution in [3.63, 3.8) is 0 Å². The Bertz CT molecular complexity index is 1310. The maximum absolute atomic E-state index is 12.8. The van der Waals surface area contributed by atoms with Gasteiger partial charge >= 0.3 is 0 Å².